The first-order valence-electron chi connectivity index (χ1n) is 8.46. The van der Waals surface area contributed by atoms with Crippen molar-refractivity contribution < 1.29 is 14.0 Å². The quantitative estimate of drug-likeness (QED) is 0.495. The minimum absolute atomic E-state index is 0.0812. The van der Waals surface area contributed by atoms with Crippen LogP contribution in [0.15, 0.2) is 54.6 Å². The van der Waals surface area contributed by atoms with Crippen LogP contribution >= 0.6 is 11.6 Å². The largest absolute Gasteiger partial charge is 0.322 e. The molecule has 0 aliphatic carbocycles. The number of nitrogens with zero attached hydrogens (tertiary/aromatic N) is 2. The zero-order valence-electron chi connectivity index (χ0n) is 15.2. The Labute approximate surface area is 166 Å². The van der Waals surface area contributed by atoms with Crippen LogP contribution in [-0.2, 0) is 4.79 Å². The summed E-state index contributed by atoms with van der Waals surface area (Å²) < 4.78 is 14.6. The number of Topliss-reactive ketones (excluding diaryl/α,β-unsaturated/α-hetero) is 1. The molecule has 3 rings (SSSR count). The minimum Gasteiger partial charge on any atom is -0.322 e. The van der Waals surface area contributed by atoms with E-state index < -0.39 is 0 Å². The van der Waals surface area contributed by atoms with Crippen LogP contribution in [0.25, 0.3) is 11.8 Å². The lowest BCUT2D eigenvalue weighted by Gasteiger charge is -2.04. The van der Waals surface area contributed by atoms with Crippen molar-refractivity contribution in [1.82, 2.24) is 9.78 Å². The van der Waals surface area contributed by atoms with Gasteiger partial charge >= 0.3 is 0 Å². The zero-order valence-corrected chi connectivity index (χ0v) is 16.0. The first-order chi connectivity index (χ1) is 13.3. The molecular formula is C21H17ClFN3O2. The molecule has 1 amide bonds. The molecule has 0 radical (unpaired) electrons. The number of nitrogens with one attached hydrogen (secondary N) is 1. The first kappa shape index (κ1) is 19.5. The summed E-state index contributed by atoms with van der Waals surface area (Å²) in [7, 11) is 0. The van der Waals surface area contributed by atoms with Crippen LogP contribution in [0.3, 0.4) is 0 Å². The fourth-order valence-corrected chi connectivity index (χ4v) is 2.95. The monoisotopic (exact) mass is 397 g/mol. The molecule has 0 unspecified atom stereocenters. The molecule has 1 N–H and O–H groups in total. The Hall–Kier alpha value is -3.25. The van der Waals surface area contributed by atoms with Crippen LogP contribution in [0.2, 0.25) is 5.15 Å². The van der Waals surface area contributed by atoms with E-state index in [4.69, 9.17) is 11.6 Å². The smallest absolute Gasteiger partial charge is 0.248 e. The SMILES string of the molecule is CC(=O)c1cccc(NC(=O)/C=C/c2c(C)nn(-c3ccc(F)cc3)c2Cl)c1. The maximum Gasteiger partial charge on any atom is 0.248 e. The second kappa shape index (κ2) is 8.19. The van der Waals surface area contributed by atoms with Gasteiger partial charge in [0.1, 0.15) is 11.0 Å². The molecule has 0 aliphatic rings. The van der Waals surface area contributed by atoms with E-state index in [0.29, 0.717) is 33.3 Å². The highest BCUT2D eigenvalue weighted by molar-refractivity contribution is 6.31. The van der Waals surface area contributed by atoms with Gasteiger partial charge in [-0.3, -0.25) is 9.59 Å². The second-order valence-electron chi connectivity index (χ2n) is 6.14. The lowest BCUT2D eigenvalue weighted by molar-refractivity contribution is -0.111. The Balaban J connectivity index is 1.78. The number of hydrogen-bond donors (Lipinski definition) is 1. The number of carbonyl (C=O) groups is 2. The van der Waals surface area contributed by atoms with E-state index in [2.05, 4.69) is 10.4 Å². The summed E-state index contributed by atoms with van der Waals surface area (Å²) in [6, 6.07) is 12.5. The van der Waals surface area contributed by atoms with E-state index in [1.165, 1.54) is 29.8 Å². The van der Waals surface area contributed by atoms with Crippen molar-refractivity contribution in [3.63, 3.8) is 0 Å². The van der Waals surface area contributed by atoms with Crippen molar-refractivity contribution in [3.05, 3.63) is 82.4 Å². The Morgan fingerprint density at radius 2 is 1.89 bits per heavy atom. The molecule has 5 nitrogen and oxygen atoms in total. The lowest BCUT2D eigenvalue weighted by Crippen LogP contribution is -2.08. The topological polar surface area (TPSA) is 64.0 Å². The van der Waals surface area contributed by atoms with E-state index in [-0.39, 0.29) is 17.5 Å². The van der Waals surface area contributed by atoms with Gasteiger partial charge in [-0.2, -0.15) is 5.10 Å². The second-order valence-corrected chi connectivity index (χ2v) is 6.50. The third kappa shape index (κ3) is 4.35. The highest BCUT2D eigenvalue weighted by Crippen LogP contribution is 2.25. The van der Waals surface area contributed by atoms with Crippen LogP contribution in [0.4, 0.5) is 10.1 Å². The number of rotatable bonds is 5. The van der Waals surface area contributed by atoms with Gasteiger partial charge in [0, 0.05) is 22.9 Å². The lowest BCUT2D eigenvalue weighted by atomic mass is 10.1. The van der Waals surface area contributed by atoms with Crippen LogP contribution in [0.1, 0.15) is 28.5 Å². The zero-order chi connectivity index (χ0) is 20.3. The third-order valence-electron chi connectivity index (χ3n) is 4.06. The first-order valence-corrected chi connectivity index (χ1v) is 8.84. The fourth-order valence-electron chi connectivity index (χ4n) is 2.61. The summed E-state index contributed by atoms with van der Waals surface area (Å²) >= 11 is 6.39. The summed E-state index contributed by atoms with van der Waals surface area (Å²) in [6.45, 7) is 3.23. The molecule has 0 bridgehead atoms. The summed E-state index contributed by atoms with van der Waals surface area (Å²) in [4.78, 5) is 23.6. The van der Waals surface area contributed by atoms with E-state index in [1.807, 2.05) is 0 Å². The van der Waals surface area contributed by atoms with Crippen LogP contribution in [-0.4, -0.2) is 21.5 Å². The number of halogens is 2. The number of ketones is 1. The molecule has 28 heavy (non-hydrogen) atoms. The summed E-state index contributed by atoms with van der Waals surface area (Å²) in [5.74, 6) is -0.803. The highest BCUT2D eigenvalue weighted by atomic mass is 35.5. The molecule has 0 fully saturated rings. The molecule has 3 aromatic rings. The van der Waals surface area contributed by atoms with Crippen molar-refractivity contribution in [2.45, 2.75) is 13.8 Å². The Bertz CT molecular complexity index is 1070. The number of carbonyl (C=O) groups excluding carboxylic acids is 2. The molecule has 7 heteroatoms. The van der Waals surface area contributed by atoms with Gasteiger partial charge in [0.05, 0.1) is 11.4 Å². The Kier molecular flexibility index (Phi) is 5.70. The van der Waals surface area contributed by atoms with Gasteiger partial charge in [-0.05, 0) is 56.3 Å². The minimum atomic E-state index is -0.370. The maximum atomic E-state index is 13.1. The van der Waals surface area contributed by atoms with Crippen molar-refractivity contribution in [2.24, 2.45) is 0 Å². The number of aromatic nitrogens is 2. The Morgan fingerprint density at radius 1 is 1.18 bits per heavy atom. The van der Waals surface area contributed by atoms with Crippen molar-refractivity contribution in [3.8, 4) is 5.69 Å². The third-order valence-corrected chi connectivity index (χ3v) is 4.42. The molecule has 0 saturated carbocycles. The standard InChI is InChI=1S/C21H17ClFN3O2/c1-13-19(21(22)26(25-13)18-8-6-16(23)7-9-18)10-11-20(28)24-17-5-3-4-15(12-17)14(2)27/h3-12H,1-2H3,(H,24,28)/b11-10+. The van der Waals surface area contributed by atoms with Gasteiger partial charge in [-0.15, -0.1) is 0 Å². The average molecular weight is 398 g/mol. The van der Waals surface area contributed by atoms with E-state index in [0.717, 1.165) is 0 Å². The van der Waals surface area contributed by atoms with Crippen molar-refractivity contribution in [2.75, 3.05) is 5.32 Å². The van der Waals surface area contributed by atoms with Crippen LogP contribution < -0.4 is 5.32 Å². The summed E-state index contributed by atoms with van der Waals surface area (Å²) in [5.41, 5.74) is 2.85. The van der Waals surface area contributed by atoms with Crippen LogP contribution in [0.5, 0.6) is 0 Å². The van der Waals surface area contributed by atoms with Gasteiger partial charge in [-0.25, -0.2) is 9.07 Å². The number of benzene rings is 2. The molecular weight excluding hydrogens is 381 g/mol. The summed E-state index contributed by atoms with van der Waals surface area (Å²) in [5, 5.41) is 7.36. The van der Waals surface area contributed by atoms with E-state index in [9.17, 15) is 14.0 Å². The van der Waals surface area contributed by atoms with Crippen molar-refractivity contribution >= 4 is 35.1 Å². The molecule has 1 aromatic heterocycles. The maximum absolute atomic E-state index is 13.1. The normalized spacial score (nSPS) is 11.0. The Morgan fingerprint density at radius 3 is 2.57 bits per heavy atom. The van der Waals surface area contributed by atoms with Gasteiger partial charge < -0.3 is 5.32 Å². The molecule has 0 aliphatic heterocycles. The number of aryl methyl sites for hydroxylation is 1. The molecule has 142 valence electrons. The number of anilines is 1. The number of hydrogen-bond acceptors (Lipinski definition) is 3. The number of amides is 1. The highest BCUT2D eigenvalue weighted by Gasteiger charge is 2.13. The van der Waals surface area contributed by atoms with Crippen LogP contribution in [0, 0.1) is 12.7 Å². The van der Waals surface area contributed by atoms with E-state index in [1.54, 1.807) is 49.4 Å². The van der Waals surface area contributed by atoms with Gasteiger partial charge in [0.2, 0.25) is 5.91 Å². The van der Waals surface area contributed by atoms with Gasteiger partial charge in [0.25, 0.3) is 0 Å². The molecule has 0 spiro atoms. The molecule has 1 heterocycles. The molecule has 0 atom stereocenters. The van der Waals surface area contributed by atoms with Gasteiger partial charge in [0.15, 0.2) is 5.78 Å². The van der Waals surface area contributed by atoms with Crippen molar-refractivity contribution in [1.29, 1.82) is 0 Å². The van der Waals surface area contributed by atoms with E-state index >= 15 is 0 Å². The predicted octanol–water partition coefficient (Wildman–Crippen LogP) is 4.83. The average Bonchev–Trinajstić information content (AvgIpc) is 2.95. The summed E-state index contributed by atoms with van der Waals surface area (Å²) in [6.07, 6.45) is 2.90. The fraction of sp³-hybridized carbons (Fsp3) is 0.0952. The van der Waals surface area contributed by atoms with Gasteiger partial charge in [-0.1, -0.05) is 23.7 Å². The molecule has 2 aromatic carbocycles. The predicted molar refractivity (Wildman–Crippen MR) is 107 cm³/mol. The molecule has 0 saturated heterocycles.